The van der Waals surface area contributed by atoms with E-state index in [4.69, 9.17) is 0 Å². The molecule has 3 heteroatoms. The zero-order chi connectivity index (χ0) is 8.39. The Morgan fingerprint density at radius 3 is 3.00 bits per heavy atom. The molecule has 1 atom stereocenters. The number of thioether (sulfide) groups is 1. The van der Waals surface area contributed by atoms with Crippen LogP contribution in [0.4, 0.5) is 0 Å². The van der Waals surface area contributed by atoms with Gasteiger partial charge in [-0.05, 0) is 37.8 Å². The van der Waals surface area contributed by atoms with Gasteiger partial charge in [-0.1, -0.05) is 0 Å². The van der Waals surface area contributed by atoms with Crippen LogP contribution in [-0.2, 0) is 0 Å². The number of hydrogen-bond donors (Lipinski definition) is 1. The summed E-state index contributed by atoms with van der Waals surface area (Å²) < 4.78 is 0. The van der Waals surface area contributed by atoms with Crippen LogP contribution < -0.4 is 5.32 Å². The standard InChI is InChI=1S/C9H13NS2/c1-7-3-4-8(12-7)9-10-5-2-6-11-9/h3-4,9-10H,2,5-6H2,1H3. The quantitative estimate of drug-likeness (QED) is 0.746. The lowest BCUT2D eigenvalue weighted by atomic mass is 10.4. The molecular weight excluding hydrogens is 186 g/mol. The largest absolute Gasteiger partial charge is 0.301 e. The first-order valence-corrected chi connectivity index (χ1v) is 6.14. The fraction of sp³-hybridized carbons (Fsp3) is 0.556. The van der Waals surface area contributed by atoms with Gasteiger partial charge in [-0.3, -0.25) is 0 Å². The van der Waals surface area contributed by atoms with E-state index in [1.165, 1.54) is 28.5 Å². The number of nitrogens with one attached hydrogen (secondary N) is 1. The zero-order valence-electron chi connectivity index (χ0n) is 7.17. The SMILES string of the molecule is Cc1ccc(C2NCCCS2)s1. The monoisotopic (exact) mass is 199 g/mol. The summed E-state index contributed by atoms with van der Waals surface area (Å²) in [5.41, 5.74) is 0. The molecule has 12 heavy (non-hydrogen) atoms. The normalized spacial score (nSPS) is 24.2. The van der Waals surface area contributed by atoms with Gasteiger partial charge in [-0.15, -0.1) is 23.1 Å². The van der Waals surface area contributed by atoms with Crippen LogP contribution in [0.15, 0.2) is 12.1 Å². The summed E-state index contributed by atoms with van der Waals surface area (Å²) in [6.07, 6.45) is 1.31. The van der Waals surface area contributed by atoms with E-state index in [0.29, 0.717) is 5.37 Å². The first-order chi connectivity index (χ1) is 5.86. The summed E-state index contributed by atoms with van der Waals surface area (Å²) in [5, 5.41) is 4.09. The molecule has 1 unspecified atom stereocenters. The van der Waals surface area contributed by atoms with Gasteiger partial charge in [-0.25, -0.2) is 0 Å². The summed E-state index contributed by atoms with van der Waals surface area (Å²) in [6.45, 7) is 3.34. The van der Waals surface area contributed by atoms with Crippen molar-refractivity contribution in [2.45, 2.75) is 18.7 Å². The Labute approximate surface area is 81.6 Å². The van der Waals surface area contributed by atoms with Gasteiger partial charge in [-0.2, -0.15) is 0 Å². The lowest BCUT2D eigenvalue weighted by molar-refractivity contribution is 0.649. The Balaban J connectivity index is 2.08. The van der Waals surface area contributed by atoms with E-state index in [0.717, 1.165) is 0 Å². The maximum Gasteiger partial charge on any atom is 0.0882 e. The fourth-order valence-electron chi connectivity index (χ4n) is 1.34. The van der Waals surface area contributed by atoms with Crippen molar-refractivity contribution in [1.82, 2.24) is 5.32 Å². The minimum atomic E-state index is 0.567. The Kier molecular flexibility index (Phi) is 2.73. The van der Waals surface area contributed by atoms with Crippen LogP contribution in [0.25, 0.3) is 0 Å². The van der Waals surface area contributed by atoms with E-state index in [-0.39, 0.29) is 0 Å². The van der Waals surface area contributed by atoms with Gasteiger partial charge in [0.2, 0.25) is 0 Å². The van der Waals surface area contributed by atoms with Crippen LogP contribution in [0.2, 0.25) is 0 Å². The molecule has 1 aliphatic rings. The molecule has 0 aromatic carbocycles. The minimum absolute atomic E-state index is 0.567. The molecule has 0 saturated carbocycles. The first kappa shape index (κ1) is 8.60. The van der Waals surface area contributed by atoms with Gasteiger partial charge in [0.25, 0.3) is 0 Å². The summed E-state index contributed by atoms with van der Waals surface area (Å²) in [7, 11) is 0. The molecule has 1 aliphatic heterocycles. The molecule has 1 N–H and O–H groups in total. The van der Waals surface area contributed by atoms with Gasteiger partial charge < -0.3 is 5.32 Å². The van der Waals surface area contributed by atoms with Crippen molar-refractivity contribution in [3.05, 3.63) is 21.9 Å². The van der Waals surface area contributed by atoms with E-state index >= 15 is 0 Å². The highest BCUT2D eigenvalue weighted by Gasteiger charge is 2.15. The highest BCUT2D eigenvalue weighted by atomic mass is 32.2. The van der Waals surface area contributed by atoms with Crippen molar-refractivity contribution in [3.63, 3.8) is 0 Å². The van der Waals surface area contributed by atoms with Crippen molar-refractivity contribution in [2.75, 3.05) is 12.3 Å². The van der Waals surface area contributed by atoms with E-state index in [9.17, 15) is 0 Å². The Morgan fingerprint density at radius 2 is 2.42 bits per heavy atom. The van der Waals surface area contributed by atoms with E-state index in [1.54, 1.807) is 0 Å². The van der Waals surface area contributed by atoms with E-state index in [1.807, 2.05) is 23.1 Å². The van der Waals surface area contributed by atoms with Crippen LogP contribution in [0.1, 0.15) is 21.5 Å². The molecule has 0 aliphatic carbocycles. The average molecular weight is 199 g/mol. The molecule has 1 saturated heterocycles. The molecular formula is C9H13NS2. The smallest absolute Gasteiger partial charge is 0.0882 e. The summed E-state index contributed by atoms with van der Waals surface area (Å²) in [4.78, 5) is 2.90. The summed E-state index contributed by atoms with van der Waals surface area (Å²) in [6, 6.07) is 4.45. The van der Waals surface area contributed by atoms with Crippen molar-refractivity contribution < 1.29 is 0 Å². The molecule has 1 aromatic rings. The number of aryl methyl sites for hydroxylation is 1. The van der Waals surface area contributed by atoms with Crippen LogP contribution in [0.3, 0.4) is 0 Å². The lowest BCUT2D eigenvalue weighted by Gasteiger charge is -2.21. The van der Waals surface area contributed by atoms with Crippen LogP contribution in [0, 0.1) is 6.92 Å². The van der Waals surface area contributed by atoms with Crippen molar-refractivity contribution in [1.29, 1.82) is 0 Å². The first-order valence-electron chi connectivity index (χ1n) is 4.27. The van der Waals surface area contributed by atoms with Crippen molar-refractivity contribution >= 4 is 23.1 Å². The fourth-order valence-corrected chi connectivity index (χ4v) is 3.55. The van der Waals surface area contributed by atoms with Crippen molar-refractivity contribution in [2.24, 2.45) is 0 Å². The second-order valence-electron chi connectivity index (χ2n) is 3.01. The topological polar surface area (TPSA) is 12.0 Å². The van der Waals surface area contributed by atoms with Gasteiger partial charge >= 0.3 is 0 Å². The van der Waals surface area contributed by atoms with Crippen LogP contribution >= 0.6 is 23.1 Å². The minimum Gasteiger partial charge on any atom is -0.301 e. The van der Waals surface area contributed by atoms with Crippen molar-refractivity contribution in [3.8, 4) is 0 Å². The predicted octanol–water partition coefficient (Wildman–Crippen LogP) is 2.78. The van der Waals surface area contributed by atoms with Gasteiger partial charge in [0, 0.05) is 9.75 Å². The van der Waals surface area contributed by atoms with E-state index < -0.39 is 0 Å². The predicted molar refractivity (Wildman–Crippen MR) is 56.9 cm³/mol. The number of thiophene rings is 1. The average Bonchev–Trinajstić information content (AvgIpc) is 2.54. The molecule has 2 rings (SSSR count). The summed E-state index contributed by atoms with van der Waals surface area (Å²) >= 11 is 3.94. The Bertz CT molecular complexity index is 251. The third-order valence-electron chi connectivity index (χ3n) is 1.95. The van der Waals surface area contributed by atoms with Crippen LogP contribution in [0.5, 0.6) is 0 Å². The molecule has 0 bridgehead atoms. The third kappa shape index (κ3) is 1.84. The zero-order valence-corrected chi connectivity index (χ0v) is 8.80. The Morgan fingerprint density at radius 1 is 1.50 bits per heavy atom. The molecule has 0 amide bonds. The second-order valence-corrected chi connectivity index (χ2v) is 5.54. The molecule has 2 heterocycles. The highest BCUT2D eigenvalue weighted by molar-refractivity contribution is 7.99. The molecule has 1 fully saturated rings. The molecule has 1 aromatic heterocycles. The van der Waals surface area contributed by atoms with Gasteiger partial charge in [0.15, 0.2) is 0 Å². The second kappa shape index (κ2) is 3.81. The summed E-state index contributed by atoms with van der Waals surface area (Å²) in [5.74, 6) is 1.30. The van der Waals surface area contributed by atoms with Gasteiger partial charge in [0.05, 0.1) is 5.37 Å². The third-order valence-corrected chi connectivity index (χ3v) is 4.45. The number of rotatable bonds is 1. The maximum atomic E-state index is 3.52. The Hall–Kier alpha value is 0.01000. The van der Waals surface area contributed by atoms with Gasteiger partial charge in [0.1, 0.15) is 0 Å². The van der Waals surface area contributed by atoms with E-state index in [2.05, 4.69) is 24.4 Å². The maximum absolute atomic E-state index is 3.52. The lowest BCUT2D eigenvalue weighted by Crippen LogP contribution is -2.24. The molecule has 0 radical (unpaired) electrons. The molecule has 0 spiro atoms. The molecule has 1 nitrogen and oxygen atoms in total. The molecule has 66 valence electrons. The highest BCUT2D eigenvalue weighted by Crippen LogP contribution is 2.33. The number of hydrogen-bond acceptors (Lipinski definition) is 3. The van der Waals surface area contributed by atoms with Crippen LogP contribution in [-0.4, -0.2) is 12.3 Å².